The number of halogens is 1. The van der Waals surface area contributed by atoms with Crippen LogP contribution in [0.2, 0.25) is 0 Å². The molecule has 0 aliphatic carbocycles. The van der Waals surface area contributed by atoms with Gasteiger partial charge in [-0.2, -0.15) is 0 Å². The Balaban J connectivity index is 3.57. The summed E-state index contributed by atoms with van der Waals surface area (Å²) >= 11 is 2.00. The summed E-state index contributed by atoms with van der Waals surface area (Å²) in [5.41, 5.74) is 0.897. The smallest absolute Gasteiger partial charge is 0.176 e. The molecule has 0 saturated carbocycles. The van der Waals surface area contributed by atoms with Crippen LogP contribution in [0.25, 0.3) is 0 Å². The van der Waals surface area contributed by atoms with Crippen LogP contribution in [0.1, 0.15) is 20.3 Å². The Morgan fingerprint density at radius 3 is 2.91 bits per heavy atom. The first-order chi connectivity index (χ1) is 5.20. The Morgan fingerprint density at radius 1 is 1.82 bits per heavy atom. The zero-order chi connectivity index (χ0) is 8.69. The highest BCUT2D eigenvalue weighted by atomic mass is 127. The summed E-state index contributed by atoms with van der Waals surface area (Å²) in [6.07, 6.45) is 1.76. The van der Waals surface area contributed by atoms with Crippen molar-refractivity contribution < 1.29 is 9.84 Å². The predicted octanol–water partition coefficient (Wildman–Crippen LogP) is 1.57. The summed E-state index contributed by atoms with van der Waals surface area (Å²) in [7, 11) is 0. The Hall–Kier alpha value is 0.190. The van der Waals surface area contributed by atoms with E-state index in [1.54, 1.807) is 6.08 Å². The second kappa shape index (κ2) is 6.87. The largest absolute Gasteiger partial charge is 0.365 e. The molecular weight excluding hydrogens is 257 g/mol. The Labute approximate surface area is 81.3 Å². The minimum Gasteiger partial charge on any atom is -0.365 e. The molecule has 0 aromatic carbocycles. The van der Waals surface area contributed by atoms with Crippen molar-refractivity contribution in [3.8, 4) is 0 Å². The zero-order valence-electron chi connectivity index (χ0n) is 6.80. The van der Waals surface area contributed by atoms with Gasteiger partial charge in [-0.05, 0) is 19.4 Å². The molecule has 0 aliphatic heterocycles. The van der Waals surface area contributed by atoms with Crippen LogP contribution >= 0.6 is 22.9 Å². The van der Waals surface area contributed by atoms with Crippen LogP contribution in [-0.2, 0) is 4.74 Å². The van der Waals surface area contributed by atoms with Crippen LogP contribution < -0.4 is 3.53 Å². The van der Waals surface area contributed by atoms with Crippen molar-refractivity contribution >= 4 is 22.9 Å². The number of aliphatic hydroxyl groups excluding tert-OH is 1. The van der Waals surface area contributed by atoms with Crippen molar-refractivity contribution in [3.63, 3.8) is 0 Å². The van der Waals surface area contributed by atoms with Crippen molar-refractivity contribution in [3.05, 3.63) is 11.8 Å². The summed E-state index contributed by atoms with van der Waals surface area (Å²) < 4.78 is 7.86. The van der Waals surface area contributed by atoms with Crippen molar-refractivity contribution in [1.29, 1.82) is 0 Å². The Morgan fingerprint density at radius 2 is 2.45 bits per heavy atom. The van der Waals surface area contributed by atoms with E-state index in [9.17, 15) is 0 Å². The number of nitrogens with one attached hydrogen (secondary N) is 1. The average molecular weight is 271 g/mol. The fourth-order valence-electron chi connectivity index (χ4n) is 0.532. The molecule has 0 aromatic heterocycles. The van der Waals surface area contributed by atoms with E-state index in [-0.39, 0.29) is 0 Å². The van der Waals surface area contributed by atoms with Gasteiger partial charge >= 0.3 is 0 Å². The highest BCUT2D eigenvalue weighted by molar-refractivity contribution is 14.1. The van der Waals surface area contributed by atoms with Crippen molar-refractivity contribution in [2.75, 3.05) is 6.61 Å². The second-order valence-electron chi connectivity index (χ2n) is 2.21. The first kappa shape index (κ1) is 11.2. The molecule has 4 heteroatoms. The summed E-state index contributed by atoms with van der Waals surface area (Å²) in [6.45, 7) is 4.46. The lowest BCUT2D eigenvalue weighted by molar-refractivity contribution is -0.0642. The van der Waals surface area contributed by atoms with Gasteiger partial charge in [-0.3, -0.25) is 0 Å². The van der Waals surface area contributed by atoms with Crippen LogP contribution in [0.5, 0.6) is 0 Å². The lowest BCUT2D eigenvalue weighted by Gasteiger charge is -2.07. The molecule has 0 aliphatic rings. The molecule has 1 unspecified atom stereocenters. The van der Waals surface area contributed by atoms with Gasteiger partial charge in [0.15, 0.2) is 6.29 Å². The Bertz CT molecular complexity index is 128. The van der Waals surface area contributed by atoms with Gasteiger partial charge < -0.3 is 13.4 Å². The molecule has 0 radical (unpaired) electrons. The number of ether oxygens (including phenoxy) is 1. The van der Waals surface area contributed by atoms with E-state index >= 15 is 0 Å². The second-order valence-corrected chi connectivity index (χ2v) is 2.74. The third kappa shape index (κ3) is 6.58. The van der Waals surface area contributed by atoms with E-state index in [1.807, 2.05) is 36.7 Å². The molecule has 0 aromatic rings. The SMILES string of the molecule is CCCOC(O)/C=C(/C)NI. The lowest BCUT2D eigenvalue weighted by Crippen LogP contribution is -2.11. The van der Waals surface area contributed by atoms with Crippen LogP contribution in [0, 0.1) is 0 Å². The molecule has 0 fully saturated rings. The highest BCUT2D eigenvalue weighted by Gasteiger charge is 1.97. The maximum atomic E-state index is 9.14. The van der Waals surface area contributed by atoms with E-state index in [0.717, 1.165) is 12.1 Å². The number of allylic oxidation sites excluding steroid dienone is 1. The normalized spacial score (nSPS) is 14.7. The highest BCUT2D eigenvalue weighted by Crippen LogP contribution is 1.96. The number of aliphatic hydroxyl groups is 1. The maximum Gasteiger partial charge on any atom is 0.176 e. The molecular formula is C7H14INO2. The minimum absolute atomic E-state index is 0.589. The maximum absolute atomic E-state index is 9.14. The number of hydrogen-bond acceptors (Lipinski definition) is 3. The fourth-order valence-corrected chi connectivity index (χ4v) is 0.712. The van der Waals surface area contributed by atoms with Gasteiger partial charge in [-0.1, -0.05) is 6.92 Å². The van der Waals surface area contributed by atoms with Crippen LogP contribution in [0.15, 0.2) is 11.8 Å². The van der Waals surface area contributed by atoms with Gasteiger partial charge in [0.2, 0.25) is 0 Å². The lowest BCUT2D eigenvalue weighted by atomic mass is 10.4. The first-order valence-electron chi connectivity index (χ1n) is 3.55. The summed E-state index contributed by atoms with van der Waals surface area (Å²) in [4.78, 5) is 0. The molecule has 2 N–H and O–H groups in total. The van der Waals surface area contributed by atoms with Crippen LogP contribution in [-0.4, -0.2) is 18.0 Å². The van der Waals surface area contributed by atoms with E-state index in [2.05, 4.69) is 3.53 Å². The van der Waals surface area contributed by atoms with Gasteiger partial charge in [0, 0.05) is 12.3 Å². The molecule has 0 saturated heterocycles. The molecule has 1 atom stereocenters. The van der Waals surface area contributed by atoms with E-state index in [0.29, 0.717) is 6.61 Å². The third-order valence-electron chi connectivity index (χ3n) is 1.03. The molecule has 0 bridgehead atoms. The van der Waals surface area contributed by atoms with Crippen LogP contribution in [0.4, 0.5) is 0 Å². The topological polar surface area (TPSA) is 41.5 Å². The van der Waals surface area contributed by atoms with Gasteiger partial charge in [0.1, 0.15) is 0 Å². The van der Waals surface area contributed by atoms with Crippen LogP contribution in [0.3, 0.4) is 0 Å². The molecule has 3 nitrogen and oxygen atoms in total. The van der Waals surface area contributed by atoms with Gasteiger partial charge in [-0.15, -0.1) is 0 Å². The van der Waals surface area contributed by atoms with E-state index in [4.69, 9.17) is 9.84 Å². The molecule has 0 amide bonds. The van der Waals surface area contributed by atoms with Gasteiger partial charge in [-0.25, -0.2) is 0 Å². The molecule has 11 heavy (non-hydrogen) atoms. The Kier molecular flexibility index (Phi) is 6.99. The zero-order valence-corrected chi connectivity index (χ0v) is 8.96. The summed E-state index contributed by atoms with van der Waals surface area (Å²) in [5, 5.41) is 9.14. The van der Waals surface area contributed by atoms with E-state index in [1.165, 1.54) is 0 Å². The summed E-state index contributed by atoms with van der Waals surface area (Å²) in [5.74, 6) is 0. The van der Waals surface area contributed by atoms with Crippen molar-refractivity contribution in [2.45, 2.75) is 26.6 Å². The van der Waals surface area contributed by atoms with Crippen molar-refractivity contribution in [2.24, 2.45) is 0 Å². The average Bonchev–Trinajstić information content (AvgIpc) is 2.00. The fraction of sp³-hybridized carbons (Fsp3) is 0.714. The first-order valence-corrected chi connectivity index (χ1v) is 4.63. The molecule has 0 rings (SSSR count). The monoisotopic (exact) mass is 271 g/mol. The van der Waals surface area contributed by atoms with Gasteiger partial charge in [0.05, 0.1) is 22.9 Å². The molecule has 0 heterocycles. The number of hydrogen-bond donors (Lipinski definition) is 2. The summed E-state index contributed by atoms with van der Waals surface area (Å²) in [6, 6.07) is 0. The van der Waals surface area contributed by atoms with E-state index < -0.39 is 6.29 Å². The standard InChI is InChI=1S/C7H14INO2/c1-3-4-11-7(10)5-6(2)9-8/h5,7,9-10H,3-4H2,1-2H3/b6-5-. The molecule has 66 valence electrons. The predicted molar refractivity (Wildman–Crippen MR) is 53.2 cm³/mol. The number of rotatable bonds is 5. The van der Waals surface area contributed by atoms with Crippen molar-refractivity contribution in [1.82, 2.24) is 3.53 Å². The van der Waals surface area contributed by atoms with Gasteiger partial charge in [0.25, 0.3) is 0 Å². The molecule has 0 spiro atoms. The minimum atomic E-state index is -0.780. The quantitative estimate of drug-likeness (QED) is 0.453. The third-order valence-corrected chi connectivity index (χ3v) is 1.89.